The quantitative estimate of drug-likeness (QED) is 0.482. The molecule has 0 bridgehead atoms. The molecule has 1 amide bonds. The maximum atomic E-state index is 12.5. The number of aliphatic hydroxyl groups excluding tert-OH is 1. The highest BCUT2D eigenvalue weighted by Crippen LogP contribution is 2.52. The van der Waals surface area contributed by atoms with Gasteiger partial charge in [0.25, 0.3) is 0 Å². The summed E-state index contributed by atoms with van der Waals surface area (Å²) in [5, 5.41) is 13.1. The lowest BCUT2D eigenvalue weighted by atomic mass is 10.1. The van der Waals surface area contributed by atoms with Gasteiger partial charge in [-0.15, -0.1) is 0 Å². The number of H-pyrrole nitrogens is 1. The van der Waals surface area contributed by atoms with E-state index in [2.05, 4.69) is 24.8 Å². The molecule has 152 valence electrons. The van der Waals surface area contributed by atoms with Crippen LogP contribution in [0.3, 0.4) is 0 Å². The first-order valence-corrected chi connectivity index (χ1v) is 10.0. The summed E-state index contributed by atoms with van der Waals surface area (Å²) < 4.78 is 27.8. The van der Waals surface area contributed by atoms with Crippen molar-refractivity contribution in [2.24, 2.45) is 0 Å². The number of carbonyl (C=O) groups is 1. The van der Waals surface area contributed by atoms with Gasteiger partial charge in [-0.1, -0.05) is 6.92 Å². The summed E-state index contributed by atoms with van der Waals surface area (Å²) in [5.41, 5.74) is -0.424. The van der Waals surface area contributed by atoms with Gasteiger partial charge in [-0.25, -0.2) is 23.9 Å². The molecular formula is C14H18N5O8P. The fourth-order valence-electron chi connectivity index (χ4n) is 3.24. The second-order valence-electron chi connectivity index (χ2n) is 6.41. The van der Waals surface area contributed by atoms with Crippen molar-refractivity contribution in [3.05, 3.63) is 16.8 Å². The number of carbonyl (C=O) groups excluding carboxylic acids is 1. The van der Waals surface area contributed by atoms with Crippen LogP contribution in [0.4, 0.5) is 5.82 Å². The fourth-order valence-corrected chi connectivity index (χ4v) is 4.20. The van der Waals surface area contributed by atoms with Crippen LogP contribution in [0.5, 0.6) is 0 Å². The lowest BCUT2D eigenvalue weighted by molar-refractivity contribution is -0.116. The summed E-state index contributed by atoms with van der Waals surface area (Å²) in [6, 6.07) is 0. The second kappa shape index (κ2) is 7.03. The number of aromatic nitrogens is 4. The molecule has 0 aliphatic carbocycles. The number of anilines is 1. The molecule has 0 saturated carbocycles. The predicted molar refractivity (Wildman–Crippen MR) is 92.3 cm³/mol. The van der Waals surface area contributed by atoms with Crippen molar-refractivity contribution in [2.75, 3.05) is 11.9 Å². The fraction of sp³-hybridized carbons (Fsp3) is 0.571. The Bertz CT molecular complexity index is 1020. The first-order valence-electron chi connectivity index (χ1n) is 8.55. The maximum absolute atomic E-state index is 12.5. The van der Waals surface area contributed by atoms with Crippen LogP contribution in [-0.4, -0.2) is 60.3 Å². The average Bonchev–Trinajstić information content (AvgIpc) is 3.12. The van der Waals surface area contributed by atoms with E-state index in [-0.39, 0.29) is 35.9 Å². The van der Waals surface area contributed by atoms with Crippen LogP contribution in [0.2, 0.25) is 0 Å². The van der Waals surface area contributed by atoms with Gasteiger partial charge < -0.3 is 25.0 Å². The molecule has 28 heavy (non-hydrogen) atoms. The van der Waals surface area contributed by atoms with E-state index in [0.717, 1.165) is 10.9 Å². The van der Waals surface area contributed by atoms with Crippen LogP contribution in [0.1, 0.15) is 26.0 Å². The molecule has 5 atom stereocenters. The van der Waals surface area contributed by atoms with Crippen molar-refractivity contribution in [1.82, 2.24) is 19.5 Å². The SMILES string of the molecule is CCCC(=O)Nc1ncnc2c1[nH]c(=O)n2C1OC2COP(=O)(O)OC2C1O. The van der Waals surface area contributed by atoms with Gasteiger partial charge in [-0.2, -0.15) is 0 Å². The van der Waals surface area contributed by atoms with Crippen molar-refractivity contribution in [1.29, 1.82) is 0 Å². The average molecular weight is 415 g/mol. The van der Waals surface area contributed by atoms with Crippen molar-refractivity contribution < 1.29 is 33.1 Å². The van der Waals surface area contributed by atoms with E-state index < -0.39 is 38.1 Å². The molecule has 0 aromatic carbocycles. The number of fused-ring (bicyclic) bond motifs is 2. The molecule has 5 unspecified atom stereocenters. The van der Waals surface area contributed by atoms with Crippen molar-refractivity contribution in [3.63, 3.8) is 0 Å². The molecule has 2 aliphatic heterocycles. The topological polar surface area (TPSA) is 178 Å². The van der Waals surface area contributed by atoms with Gasteiger partial charge in [-0.05, 0) is 6.42 Å². The number of aromatic amines is 1. The number of phosphoric acid groups is 1. The Kier molecular flexibility index (Phi) is 4.81. The Morgan fingerprint density at radius 3 is 3.04 bits per heavy atom. The lowest BCUT2D eigenvalue weighted by Crippen LogP contribution is -2.39. The lowest BCUT2D eigenvalue weighted by Gasteiger charge is -2.27. The van der Waals surface area contributed by atoms with Crippen molar-refractivity contribution >= 4 is 30.7 Å². The number of amides is 1. The van der Waals surface area contributed by atoms with E-state index in [4.69, 9.17) is 9.26 Å². The summed E-state index contributed by atoms with van der Waals surface area (Å²) in [6.45, 7) is 1.57. The van der Waals surface area contributed by atoms with Gasteiger partial charge in [0.15, 0.2) is 17.7 Å². The molecule has 13 nitrogen and oxygen atoms in total. The monoisotopic (exact) mass is 415 g/mol. The number of rotatable bonds is 4. The number of imidazole rings is 1. The molecule has 2 aromatic rings. The Hall–Kier alpha value is -2.15. The molecule has 2 aliphatic rings. The minimum absolute atomic E-state index is 0.0857. The van der Waals surface area contributed by atoms with Gasteiger partial charge >= 0.3 is 13.5 Å². The Balaban J connectivity index is 1.70. The van der Waals surface area contributed by atoms with Gasteiger partial charge in [0.1, 0.15) is 30.2 Å². The largest absolute Gasteiger partial charge is 0.472 e. The van der Waals surface area contributed by atoms with E-state index in [9.17, 15) is 24.2 Å². The highest BCUT2D eigenvalue weighted by atomic mass is 31.2. The molecule has 14 heteroatoms. The zero-order valence-electron chi connectivity index (χ0n) is 14.6. The number of ether oxygens (including phenoxy) is 1. The third-order valence-corrected chi connectivity index (χ3v) is 5.45. The minimum Gasteiger partial charge on any atom is -0.386 e. The number of hydrogen-bond donors (Lipinski definition) is 4. The molecule has 4 N–H and O–H groups in total. The van der Waals surface area contributed by atoms with Crippen molar-refractivity contribution in [3.8, 4) is 0 Å². The Morgan fingerprint density at radius 1 is 1.50 bits per heavy atom. The normalized spacial score (nSPS) is 32.4. The summed E-state index contributed by atoms with van der Waals surface area (Å²) in [4.78, 5) is 44.4. The standard InChI is InChI=1S/C14H18N5O8P/c1-2-3-7(20)17-11-8-12(16-5-15-11)19(14(22)18-8)13-9(21)10-6(26-13)4-25-28(23,24)27-10/h5-6,9-10,13,21H,2-4H2,1H3,(H,18,22)(H,23,24)(H,15,16,17,20). The third kappa shape index (κ3) is 3.26. The highest BCUT2D eigenvalue weighted by molar-refractivity contribution is 7.47. The smallest absolute Gasteiger partial charge is 0.386 e. The van der Waals surface area contributed by atoms with E-state index in [1.54, 1.807) is 0 Å². The first-order chi connectivity index (χ1) is 13.3. The molecule has 2 fully saturated rings. The number of hydrogen-bond acceptors (Lipinski definition) is 9. The number of nitrogens with one attached hydrogen (secondary N) is 2. The van der Waals surface area contributed by atoms with Crippen LogP contribution in [-0.2, 0) is 23.1 Å². The summed E-state index contributed by atoms with van der Waals surface area (Å²) in [7, 11) is -4.30. The molecular weight excluding hydrogens is 397 g/mol. The van der Waals surface area contributed by atoms with E-state index in [1.807, 2.05) is 6.92 Å². The molecule has 2 saturated heterocycles. The number of nitrogens with zero attached hydrogens (tertiary/aromatic N) is 3. The maximum Gasteiger partial charge on any atom is 0.472 e. The molecule has 0 radical (unpaired) electrons. The Morgan fingerprint density at radius 2 is 2.29 bits per heavy atom. The van der Waals surface area contributed by atoms with Crippen LogP contribution in [0, 0.1) is 0 Å². The second-order valence-corrected chi connectivity index (χ2v) is 7.82. The zero-order chi connectivity index (χ0) is 20.1. The van der Waals surface area contributed by atoms with E-state index in [1.165, 1.54) is 0 Å². The van der Waals surface area contributed by atoms with Gasteiger partial charge in [0.05, 0.1) is 6.61 Å². The van der Waals surface area contributed by atoms with Crippen LogP contribution >= 0.6 is 7.82 Å². The van der Waals surface area contributed by atoms with Gasteiger partial charge in [0, 0.05) is 6.42 Å². The first kappa shape index (κ1) is 19.2. The molecule has 2 aromatic heterocycles. The Labute approximate surface area is 157 Å². The van der Waals surface area contributed by atoms with Gasteiger partial charge in [0.2, 0.25) is 5.91 Å². The third-order valence-electron chi connectivity index (χ3n) is 4.46. The van der Waals surface area contributed by atoms with Gasteiger partial charge in [-0.3, -0.25) is 13.8 Å². The summed E-state index contributed by atoms with van der Waals surface area (Å²) in [5.74, 6) is -0.160. The molecule has 0 spiro atoms. The summed E-state index contributed by atoms with van der Waals surface area (Å²) in [6.07, 6.45) is -2.61. The van der Waals surface area contributed by atoms with Crippen LogP contribution in [0.25, 0.3) is 11.2 Å². The predicted octanol–water partition coefficient (Wildman–Crippen LogP) is -0.368. The molecule has 4 heterocycles. The van der Waals surface area contributed by atoms with Crippen LogP contribution < -0.4 is 11.0 Å². The number of aliphatic hydroxyl groups is 1. The van der Waals surface area contributed by atoms with Crippen molar-refractivity contribution in [2.45, 2.75) is 44.3 Å². The zero-order valence-corrected chi connectivity index (χ0v) is 15.5. The summed E-state index contributed by atoms with van der Waals surface area (Å²) >= 11 is 0. The van der Waals surface area contributed by atoms with E-state index >= 15 is 0 Å². The minimum atomic E-state index is -4.30. The molecule has 4 rings (SSSR count). The number of phosphoric ester groups is 1. The highest BCUT2D eigenvalue weighted by Gasteiger charge is 2.53. The van der Waals surface area contributed by atoms with E-state index in [0.29, 0.717) is 6.42 Å². The van der Waals surface area contributed by atoms with Crippen LogP contribution in [0.15, 0.2) is 11.1 Å².